The number of carbonyl (C=O) groups is 1. The SMILES string of the molecule is C/C(N)=N/N(N)Cc1cc(Cl)ccc1/C=C/C(=O)N1CCN(Cc2ccc(OC(I)C(F)I)cn2)CC1. The molecule has 0 bridgehead atoms. The summed E-state index contributed by atoms with van der Waals surface area (Å²) in [5.74, 6) is 6.72. The molecule has 0 aliphatic carbocycles. The van der Waals surface area contributed by atoms with Gasteiger partial charge in [0.05, 0.1) is 18.4 Å². The van der Waals surface area contributed by atoms with Gasteiger partial charge in [-0.15, -0.1) is 5.10 Å². The molecule has 2 atom stereocenters. The monoisotopic (exact) mass is 755 g/mol. The van der Waals surface area contributed by atoms with Crippen LogP contribution in [-0.2, 0) is 17.9 Å². The maximum absolute atomic E-state index is 13.3. The van der Waals surface area contributed by atoms with Crippen LogP contribution >= 0.6 is 56.8 Å². The second kappa shape index (κ2) is 14.4. The lowest BCUT2D eigenvalue weighted by Gasteiger charge is -2.34. The largest absolute Gasteiger partial charge is 0.475 e. The van der Waals surface area contributed by atoms with Gasteiger partial charge in [0, 0.05) is 43.8 Å². The van der Waals surface area contributed by atoms with Crippen molar-refractivity contribution in [2.75, 3.05) is 26.2 Å². The van der Waals surface area contributed by atoms with Crippen molar-refractivity contribution >= 4 is 74.6 Å². The van der Waals surface area contributed by atoms with Crippen molar-refractivity contribution in [3.05, 3.63) is 64.4 Å². The highest BCUT2D eigenvalue weighted by atomic mass is 127. The van der Waals surface area contributed by atoms with Crippen molar-refractivity contribution < 1.29 is 13.9 Å². The van der Waals surface area contributed by atoms with E-state index in [1.54, 1.807) is 66.1 Å². The van der Waals surface area contributed by atoms with E-state index in [4.69, 9.17) is 27.9 Å². The Hall–Kier alpha value is -1.75. The highest BCUT2D eigenvalue weighted by Crippen LogP contribution is 2.22. The zero-order valence-electron chi connectivity index (χ0n) is 20.2. The molecule has 1 fully saturated rings. The average Bonchev–Trinajstić information content (AvgIpc) is 2.84. The smallest absolute Gasteiger partial charge is 0.246 e. The van der Waals surface area contributed by atoms with Crippen molar-refractivity contribution in [1.82, 2.24) is 19.9 Å². The number of ether oxygens (including phenoxy) is 1. The molecule has 1 saturated heterocycles. The lowest BCUT2D eigenvalue weighted by Crippen LogP contribution is -2.47. The first-order valence-electron chi connectivity index (χ1n) is 11.4. The fourth-order valence-corrected chi connectivity index (χ4v) is 4.30. The molecule has 1 aliphatic rings. The van der Waals surface area contributed by atoms with Crippen LogP contribution in [-0.4, -0.2) is 66.1 Å². The Bertz CT molecular complexity index is 1110. The summed E-state index contributed by atoms with van der Waals surface area (Å²) in [6.45, 7) is 5.30. The van der Waals surface area contributed by atoms with E-state index >= 15 is 0 Å². The number of hydrazine groups is 1. The summed E-state index contributed by atoms with van der Waals surface area (Å²) >= 11 is 9.75. The fourth-order valence-electron chi connectivity index (χ4n) is 3.66. The number of nitrogens with two attached hydrogens (primary N) is 2. The number of hydrogen-bond acceptors (Lipinski definition) is 7. The third-order valence-electron chi connectivity index (χ3n) is 5.44. The molecule has 2 heterocycles. The standard InChI is InChI=1S/C24H29ClFI2N7O2/c1-16(29)32-35(30)14-18-12-19(25)4-2-17(18)3-7-22(36)34-10-8-33(9-11-34)15-20-5-6-21(13-31-20)37-24(28)23(26)27/h2-7,12-13,23-24H,8-11,14-15,30H2,1H3,(H2,29,32)/b7-3+. The number of pyridine rings is 1. The molecule has 9 nitrogen and oxygen atoms in total. The van der Waals surface area contributed by atoms with Crippen molar-refractivity contribution in [3.63, 3.8) is 0 Å². The molecule has 4 N–H and O–H groups in total. The molecule has 0 spiro atoms. The lowest BCUT2D eigenvalue weighted by atomic mass is 10.1. The first-order chi connectivity index (χ1) is 17.6. The number of hydrazone groups is 1. The topological polar surface area (TPSA) is 113 Å². The Morgan fingerprint density at radius 3 is 2.65 bits per heavy atom. The predicted octanol–water partition coefficient (Wildman–Crippen LogP) is 3.93. The van der Waals surface area contributed by atoms with Crippen LogP contribution in [0.15, 0.2) is 47.7 Å². The number of nitrogens with zero attached hydrogens (tertiary/aromatic N) is 5. The van der Waals surface area contributed by atoms with E-state index in [9.17, 15) is 9.18 Å². The summed E-state index contributed by atoms with van der Waals surface area (Å²) < 4.78 is 17.1. The molecule has 37 heavy (non-hydrogen) atoms. The minimum Gasteiger partial charge on any atom is -0.475 e. The van der Waals surface area contributed by atoms with Crippen molar-refractivity contribution in [2.45, 2.75) is 28.3 Å². The number of halogens is 4. The summed E-state index contributed by atoms with van der Waals surface area (Å²) in [4.78, 5) is 21.3. The van der Waals surface area contributed by atoms with Crippen LogP contribution in [0.5, 0.6) is 5.75 Å². The number of amides is 1. The number of benzene rings is 1. The van der Waals surface area contributed by atoms with Gasteiger partial charge in [0.2, 0.25) is 5.91 Å². The summed E-state index contributed by atoms with van der Waals surface area (Å²) in [6, 6.07) is 9.08. The first-order valence-corrected chi connectivity index (χ1v) is 14.3. The zero-order valence-corrected chi connectivity index (χ0v) is 25.3. The zero-order chi connectivity index (χ0) is 26.9. The molecule has 0 saturated carbocycles. The Balaban J connectivity index is 1.52. The quantitative estimate of drug-likeness (QED) is 0.0720. The summed E-state index contributed by atoms with van der Waals surface area (Å²) in [5, 5.41) is 5.81. The minimum absolute atomic E-state index is 0.0598. The van der Waals surface area contributed by atoms with Gasteiger partial charge < -0.3 is 15.4 Å². The molecular weight excluding hydrogens is 727 g/mol. The Kier molecular flexibility index (Phi) is 11.6. The highest BCUT2D eigenvalue weighted by molar-refractivity contribution is 14.1. The molecule has 1 aromatic heterocycles. The minimum atomic E-state index is -1.10. The normalized spacial score (nSPS) is 16.6. The molecule has 13 heteroatoms. The van der Waals surface area contributed by atoms with Crippen LogP contribution in [0.3, 0.4) is 0 Å². The van der Waals surface area contributed by atoms with Crippen LogP contribution in [0.4, 0.5) is 4.39 Å². The third-order valence-corrected chi connectivity index (χ3v) is 8.59. The van der Waals surface area contributed by atoms with Crippen molar-refractivity contribution in [2.24, 2.45) is 16.7 Å². The van der Waals surface area contributed by atoms with Gasteiger partial charge in [0.1, 0.15) is 11.6 Å². The molecule has 200 valence electrons. The second-order valence-electron chi connectivity index (χ2n) is 8.41. The third kappa shape index (κ3) is 9.81. The van der Waals surface area contributed by atoms with E-state index in [0.29, 0.717) is 36.2 Å². The van der Waals surface area contributed by atoms with Gasteiger partial charge in [0.15, 0.2) is 8.29 Å². The van der Waals surface area contributed by atoms with Gasteiger partial charge in [0.25, 0.3) is 0 Å². The number of rotatable bonds is 10. The highest BCUT2D eigenvalue weighted by Gasteiger charge is 2.20. The van der Waals surface area contributed by atoms with E-state index in [-0.39, 0.29) is 12.5 Å². The second-order valence-corrected chi connectivity index (χ2v) is 11.3. The van der Waals surface area contributed by atoms with Gasteiger partial charge in [-0.25, -0.2) is 15.4 Å². The summed E-state index contributed by atoms with van der Waals surface area (Å²) in [5.41, 5.74) is 8.13. The van der Waals surface area contributed by atoms with E-state index < -0.39 is 8.29 Å². The summed E-state index contributed by atoms with van der Waals surface area (Å²) in [7, 11) is 0. The van der Waals surface area contributed by atoms with Gasteiger partial charge in [-0.05, 0) is 93.6 Å². The van der Waals surface area contributed by atoms with E-state index in [1.807, 2.05) is 39.6 Å². The number of carbonyl (C=O) groups excluding carboxylic acids is 1. The van der Waals surface area contributed by atoms with Gasteiger partial charge >= 0.3 is 0 Å². The molecule has 3 rings (SSSR count). The number of alkyl halides is 3. The van der Waals surface area contributed by atoms with Crippen molar-refractivity contribution in [1.29, 1.82) is 0 Å². The van der Waals surface area contributed by atoms with E-state index in [0.717, 1.165) is 29.9 Å². The predicted molar refractivity (Wildman–Crippen MR) is 161 cm³/mol. The molecule has 1 aliphatic heterocycles. The van der Waals surface area contributed by atoms with E-state index in [2.05, 4.69) is 15.0 Å². The van der Waals surface area contributed by atoms with Gasteiger partial charge in [-0.1, -0.05) is 17.7 Å². The molecule has 1 aromatic carbocycles. The van der Waals surface area contributed by atoms with Crippen LogP contribution in [0.1, 0.15) is 23.7 Å². The Labute approximate surface area is 248 Å². The molecular formula is C24H29ClFI2N7O2. The number of aromatic nitrogens is 1. The average molecular weight is 756 g/mol. The van der Waals surface area contributed by atoms with Gasteiger partial charge in [-0.2, -0.15) is 0 Å². The lowest BCUT2D eigenvalue weighted by molar-refractivity contribution is -0.127. The summed E-state index contributed by atoms with van der Waals surface area (Å²) in [6.07, 6.45) is 4.95. The van der Waals surface area contributed by atoms with Gasteiger partial charge in [-0.3, -0.25) is 14.7 Å². The Morgan fingerprint density at radius 1 is 1.30 bits per heavy atom. The van der Waals surface area contributed by atoms with Crippen LogP contribution < -0.4 is 16.3 Å². The first kappa shape index (κ1) is 29.8. The maximum Gasteiger partial charge on any atom is 0.246 e. The Morgan fingerprint density at radius 2 is 2.03 bits per heavy atom. The van der Waals surface area contributed by atoms with E-state index in [1.165, 1.54) is 5.12 Å². The number of amidine groups is 1. The fraction of sp³-hybridized carbons (Fsp3) is 0.375. The molecule has 2 aromatic rings. The molecule has 1 amide bonds. The van der Waals surface area contributed by atoms with Crippen LogP contribution in [0.2, 0.25) is 5.02 Å². The molecule has 0 radical (unpaired) electrons. The van der Waals surface area contributed by atoms with Crippen LogP contribution in [0, 0.1) is 0 Å². The van der Waals surface area contributed by atoms with Crippen molar-refractivity contribution in [3.8, 4) is 5.75 Å². The molecule has 2 unspecified atom stereocenters. The van der Waals surface area contributed by atoms with Crippen LogP contribution in [0.25, 0.3) is 6.08 Å². The maximum atomic E-state index is 13.3. The number of hydrogen-bond donors (Lipinski definition) is 2. The number of piperazine rings is 1.